The number of aromatic nitrogens is 2. The highest BCUT2D eigenvalue weighted by Gasteiger charge is 2.12. The van der Waals surface area contributed by atoms with Gasteiger partial charge in [0.2, 0.25) is 0 Å². The third-order valence-corrected chi connectivity index (χ3v) is 3.57. The SMILES string of the molecule is CCCc1nc(NCC)c(C)c(SCC(=O)OC)n1. The number of esters is 1. The van der Waals surface area contributed by atoms with Gasteiger partial charge in [-0.15, -0.1) is 0 Å². The Labute approximate surface area is 118 Å². The van der Waals surface area contributed by atoms with Crippen molar-refractivity contribution in [1.29, 1.82) is 0 Å². The summed E-state index contributed by atoms with van der Waals surface area (Å²) in [6.07, 6.45) is 1.83. The Morgan fingerprint density at radius 3 is 2.68 bits per heavy atom. The van der Waals surface area contributed by atoms with Crippen LogP contribution in [0.1, 0.15) is 31.7 Å². The van der Waals surface area contributed by atoms with Crippen LogP contribution in [0.3, 0.4) is 0 Å². The number of hydrogen-bond acceptors (Lipinski definition) is 6. The highest BCUT2D eigenvalue weighted by Crippen LogP contribution is 2.25. The summed E-state index contributed by atoms with van der Waals surface area (Å²) in [4.78, 5) is 20.2. The Hall–Kier alpha value is -1.30. The van der Waals surface area contributed by atoms with Crippen molar-refractivity contribution in [1.82, 2.24) is 9.97 Å². The number of methoxy groups -OCH3 is 1. The number of rotatable bonds is 7. The third kappa shape index (κ3) is 4.70. The third-order valence-electron chi connectivity index (χ3n) is 2.52. The van der Waals surface area contributed by atoms with Gasteiger partial charge in [0, 0.05) is 18.5 Å². The average molecular weight is 283 g/mol. The van der Waals surface area contributed by atoms with Gasteiger partial charge >= 0.3 is 5.97 Å². The van der Waals surface area contributed by atoms with Crippen LogP contribution in [0.4, 0.5) is 5.82 Å². The molecule has 1 aromatic heterocycles. The van der Waals surface area contributed by atoms with E-state index in [1.807, 2.05) is 13.8 Å². The van der Waals surface area contributed by atoms with Gasteiger partial charge < -0.3 is 10.1 Å². The lowest BCUT2D eigenvalue weighted by molar-refractivity contribution is -0.137. The lowest BCUT2D eigenvalue weighted by Gasteiger charge is -2.12. The number of nitrogens with zero attached hydrogens (tertiary/aromatic N) is 2. The number of nitrogens with one attached hydrogen (secondary N) is 1. The molecule has 0 radical (unpaired) electrons. The topological polar surface area (TPSA) is 64.1 Å². The monoisotopic (exact) mass is 283 g/mol. The molecule has 0 saturated carbocycles. The van der Waals surface area contributed by atoms with E-state index >= 15 is 0 Å². The molecule has 6 heteroatoms. The molecule has 5 nitrogen and oxygen atoms in total. The normalized spacial score (nSPS) is 10.3. The summed E-state index contributed by atoms with van der Waals surface area (Å²) in [5.74, 6) is 1.70. The minimum absolute atomic E-state index is 0.245. The zero-order chi connectivity index (χ0) is 14.3. The predicted molar refractivity (Wildman–Crippen MR) is 77.7 cm³/mol. The molecule has 0 unspecified atom stereocenters. The standard InChI is InChI=1S/C13H21N3O2S/c1-5-7-10-15-12(14-6-2)9(3)13(16-10)19-8-11(17)18-4/h5-8H2,1-4H3,(H,14,15,16). The van der Waals surface area contributed by atoms with Gasteiger partial charge in [-0.3, -0.25) is 4.79 Å². The maximum atomic E-state index is 11.2. The van der Waals surface area contributed by atoms with Crippen LogP contribution in [0, 0.1) is 6.92 Å². The molecule has 0 atom stereocenters. The Balaban J connectivity index is 2.95. The Bertz CT molecular complexity index is 438. The predicted octanol–water partition coefficient (Wildman–Crippen LogP) is 2.43. The van der Waals surface area contributed by atoms with E-state index in [4.69, 9.17) is 0 Å². The molecule has 0 saturated heterocycles. The number of carbonyl (C=O) groups excluding carboxylic acids is 1. The Morgan fingerprint density at radius 2 is 2.11 bits per heavy atom. The van der Waals surface area contributed by atoms with Crippen LogP contribution in [-0.2, 0) is 16.0 Å². The number of hydrogen-bond donors (Lipinski definition) is 1. The Kier molecular flexibility index (Phi) is 6.62. The number of ether oxygens (including phenoxy) is 1. The van der Waals surface area contributed by atoms with E-state index in [-0.39, 0.29) is 11.7 Å². The van der Waals surface area contributed by atoms with E-state index < -0.39 is 0 Å². The summed E-state index contributed by atoms with van der Waals surface area (Å²) in [7, 11) is 1.39. The van der Waals surface area contributed by atoms with E-state index in [9.17, 15) is 4.79 Å². The fraction of sp³-hybridized carbons (Fsp3) is 0.615. The van der Waals surface area contributed by atoms with Gasteiger partial charge in [-0.05, 0) is 20.3 Å². The first-order valence-corrected chi connectivity index (χ1v) is 7.41. The van der Waals surface area contributed by atoms with Crippen molar-refractivity contribution in [2.24, 2.45) is 0 Å². The van der Waals surface area contributed by atoms with E-state index in [2.05, 4.69) is 26.9 Å². The molecule has 0 fully saturated rings. The number of aryl methyl sites for hydroxylation is 1. The summed E-state index contributed by atoms with van der Waals surface area (Å²) >= 11 is 1.39. The molecular formula is C13H21N3O2S. The number of carbonyl (C=O) groups is 1. The molecule has 19 heavy (non-hydrogen) atoms. The van der Waals surface area contributed by atoms with Crippen molar-refractivity contribution < 1.29 is 9.53 Å². The second kappa shape index (κ2) is 7.99. The average Bonchev–Trinajstić information content (AvgIpc) is 2.40. The maximum absolute atomic E-state index is 11.2. The van der Waals surface area contributed by atoms with Crippen molar-refractivity contribution in [3.8, 4) is 0 Å². The largest absolute Gasteiger partial charge is 0.468 e. The van der Waals surface area contributed by atoms with Gasteiger partial charge in [-0.2, -0.15) is 0 Å². The minimum atomic E-state index is -0.245. The van der Waals surface area contributed by atoms with Crippen LogP contribution >= 0.6 is 11.8 Å². The van der Waals surface area contributed by atoms with Gasteiger partial charge in [-0.1, -0.05) is 18.7 Å². The van der Waals surface area contributed by atoms with Crippen molar-refractivity contribution in [2.45, 2.75) is 38.6 Å². The maximum Gasteiger partial charge on any atom is 0.316 e. The van der Waals surface area contributed by atoms with Gasteiger partial charge in [-0.25, -0.2) is 9.97 Å². The van der Waals surface area contributed by atoms with Crippen LogP contribution in [0.15, 0.2) is 5.03 Å². The van der Waals surface area contributed by atoms with Gasteiger partial charge in [0.1, 0.15) is 16.7 Å². The first-order valence-electron chi connectivity index (χ1n) is 6.43. The van der Waals surface area contributed by atoms with Gasteiger partial charge in [0.25, 0.3) is 0 Å². The molecule has 106 valence electrons. The molecule has 0 aliphatic carbocycles. The van der Waals surface area contributed by atoms with Crippen molar-refractivity contribution in [3.63, 3.8) is 0 Å². The molecule has 1 rings (SSSR count). The van der Waals surface area contributed by atoms with Crippen LogP contribution in [0.5, 0.6) is 0 Å². The summed E-state index contributed by atoms with van der Waals surface area (Å²) in [6, 6.07) is 0. The minimum Gasteiger partial charge on any atom is -0.468 e. The second-order valence-corrected chi connectivity index (χ2v) is 5.03. The molecule has 1 heterocycles. The summed E-state index contributed by atoms with van der Waals surface area (Å²) in [5.41, 5.74) is 0.982. The molecule has 0 aromatic carbocycles. The summed E-state index contributed by atoms with van der Waals surface area (Å²) in [6.45, 7) is 6.90. The first-order chi connectivity index (χ1) is 9.12. The molecule has 1 N–H and O–H groups in total. The van der Waals surface area contributed by atoms with Crippen LogP contribution < -0.4 is 5.32 Å². The molecular weight excluding hydrogens is 262 g/mol. The van der Waals surface area contributed by atoms with E-state index in [0.29, 0.717) is 0 Å². The Morgan fingerprint density at radius 1 is 1.37 bits per heavy atom. The van der Waals surface area contributed by atoms with E-state index in [1.165, 1.54) is 18.9 Å². The van der Waals surface area contributed by atoms with Gasteiger partial charge in [0.05, 0.1) is 12.9 Å². The highest BCUT2D eigenvalue weighted by atomic mass is 32.2. The number of thioether (sulfide) groups is 1. The van der Waals surface area contributed by atoms with E-state index in [1.54, 1.807) is 0 Å². The fourth-order valence-corrected chi connectivity index (χ4v) is 2.40. The summed E-state index contributed by atoms with van der Waals surface area (Å²) < 4.78 is 4.65. The van der Waals surface area contributed by atoms with Crippen molar-refractivity contribution >= 4 is 23.5 Å². The summed E-state index contributed by atoms with van der Waals surface area (Å²) in [5, 5.41) is 4.08. The van der Waals surface area contributed by atoms with Crippen LogP contribution in [0.2, 0.25) is 0 Å². The smallest absolute Gasteiger partial charge is 0.316 e. The molecule has 0 bridgehead atoms. The second-order valence-electron chi connectivity index (χ2n) is 4.06. The first kappa shape index (κ1) is 15.8. The molecule has 0 aliphatic heterocycles. The zero-order valence-corrected chi connectivity index (χ0v) is 12.8. The van der Waals surface area contributed by atoms with Crippen LogP contribution in [-0.4, -0.2) is 35.3 Å². The fourth-order valence-electron chi connectivity index (χ4n) is 1.54. The zero-order valence-electron chi connectivity index (χ0n) is 11.9. The van der Waals surface area contributed by atoms with Gasteiger partial charge in [0.15, 0.2) is 0 Å². The molecule has 1 aromatic rings. The number of anilines is 1. The lowest BCUT2D eigenvalue weighted by atomic mass is 10.3. The molecule has 0 aliphatic rings. The van der Waals surface area contributed by atoms with Crippen LogP contribution in [0.25, 0.3) is 0 Å². The lowest BCUT2D eigenvalue weighted by Crippen LogP contribution is -2.09. The quantitative estimate of drug-likeness (QED) is 0.471. The highest BCUT2D eigenvalue weighted by molar-refractivity contribution is 7.99. The van der Waals surface area contributed by atoms with E-state index in [0.717, 1.165) is 41.6 Å². The van der Waals surface area contributed by atoms with Crippen molar-refractivity contribution in [3.05, 3.63) is 11.4 Å². The molecule has 0 spiro atoms. The van der Waals surface area contributed by atoms with Crippen molar-refractivity contribution in [2.75, 3.05) is 24.7 Å². The molecule has 0 amide bonds.